The quantitative estimate of drug-likeness (QED) is 0.495. The summed E-state index contributed by atoms with van der Waals surface area (Å²) in [4.78, 5) is 23.1. The molecule has 1 aromatic carbocycles. The third-order valence-electron chi connectivity index (χ3n) is 2.80. The molecule has 0 radical (unpaired) electrons. The lowest BCUT2D eigenvalue weighted by atomic mass is 10.2. The van der Waals surface area contributed by atoms with Crippen LogP contribution in [0.5, 0.6) is 0 Å². The molecule has 0 aromatic heterocycles. The highest BCUT2D eigenvalue weighted by molar-refractivity contribution is 5.91. The van der Waals surface area contributed by atoms with Crippen LogP contribution in [0.2, 0.25) is 0 Å². The van der Waals surface area contributed by atoms with E-state index in [4.69, 9.17) is 5.11 Å². The molecule has 1 N–H and O–H groups in total. The molecular formula is C13H16N2O4. The fourth-order valence-electron chi connectivity index (χ4n) is 1.33. The number of hydrogen-bond acceptors (Lipinski definition) is 4. The Morgan fingerprint density at radius 1 is 1.47 bits per heavy atom. The lowest BCUT2D eigenvalue weighted by molar-refractivity contribution is -0.384. The van der Waals surface area contributed by atoms with Crippen molar-refractivity contribution in [3.8, 4) is 0 Å². The molecule has 0 aliphatic rings. The number of rotatable bonds is 5. The van der Waals surface area contributed by atoms with Gasteiger partial charge in [-0.3, -0.25) is 14.9 Å². The number of non-ortho nitro benzene ring substituents is 1. The zero-order valence-corrected chi connectivity index (χ0v) is 10.8. The van der Waals surface area contributed by atoms with Crippen molar-refractivity contribution >= 4 is 17.7 Å². The summed E-state index contributed by atoms with van der Waals surface area (Å²) < 4.78 is 0. The second-order valence-corrected chi connectivity index (χ2v) is 4.16. The van der Waals surface area contributed by atoms with E-state index in [1.165, 1.54) is 23.1 Å². The minimum Gasteiger partial charge on any atom is -0.394 e. The summed E-state index contributed by atoms with van der Waals surface area (Å²) >= 11 is 0. The number of aliphatic hydroxyl groups is 1. The fraction of sp³-hybridized carbons (Fsp3) is 0.308. The number of likely N-dealkylation sites (N-methyl/N-ethyl adjacent to an activating group) is 1. The van der Waals surface area contributed by atoms with Gasteiger partial charge in [-0.25, -0.2) is 0 Å². The van der Waals surface area contributed by atoms with Crippen molar-refractivity contribution in [1.29, 1.82) is 0 Å². The first-order valence-electron chi connectivity index (χ1n) is 5.76. The molecular weight excluding hydrogens is 248 g/mol. The molecule has 1 rings (SSSR count). The van der Waals surface area contributed by atoms with Gasteiger partial charge in [-0.15, -0.1) is 0 Å². The number of hydrogen-bond donors (Lipinski definition) is 1. The van der Waals surface area contributed by atoms with Gasteiger partial charge in [0.15, 0.2) is 0 Å². The van der Waals surface area contributed by atoms with Gasteiger partial charge in [0.2, 0.25) is 5.91 Å². The average molecular weight is 264 g/mol. The van der Waals surface area contributed by atoms with Crippen LogP contribution in [0.4, 0.5) is 5.69 Å². The van der Waals surface area contributed by atoms with E-state index in [1.807, 2.05) is 0 Å². The maximum atomic E-state index is 11.7. The molecule has 102 valence electrons. The number of nitro groups is 1. The van der Waals surface area contributed by atoms with Crippen LogP contribution in [0.15, 0.2) is 30.3 Å². The van der Waals surface area contributed by atoms with Gasteiger partial charge >= 0.3 is 0 Å². The minimum atomic E-state index is -0.477. The van der Waals surface area contributed by atoms with E-state index in [0.717, 1.165) is 0 Å². The van der Waals surface area contributed by atoms with Gasteiger partial charge < -0.3 is 10.0 Å². The zero-order chi connectivity index (χ0) is 14.4. The Bertz CT molecular complexity index is 482. The van der Waals surface area contributed by atoms with Crippen molar-refractivity contribution in [2.45, 2.75) is 13.0 Å². The molecule has 1 atom stereocenters. The van der Waals surface area contributed by atoms with Gasteiger partial charge in [0.05, 0.1) is 17.6 Å². The standard InChI is InChI=1S/C13H16N2O4/c1-10(9-16)14(2)13(17)8-5-11-3-6-12(7-4-11)15(18)19/h3-8,10,16H,9H2,1-2H3/b8-5+. The van der Waals surface area contributed by atoms with Crippen LogP contribution < -0.4 is 0 Å². The third-order valence-corrected chi connectivity index (χ3v) is 2.80. The predicted molar refractivity (Wildman–Crippen MR) is 71.4 cm³/mol. The number of carbonyl (C=O) groups excluding carboxylic acids is 1. The topological polar surface area (TPSA) is 83.7 Å². The monoisotopic (exact) mass is 264 g/mol. The van der Waals surface area contributed by atoms with Gasteiger partial charge in [-0.1, -0.05) is 0 Å². The Balaban J connectivity index is 2.71. The van der Waals surface area contributed by atoms with Gasteiger partial charge in [-0.05, 0) is 30.7 Å². The van der Waals surface area contributed by atoms with E-state index in [9.17, 15) is 14.9 Å². The first-order valence-corrected chi connectivity index (χ1v) is 5.76. The van der Waals surface area contributed by atoms with E-state index in [-0.39, 0.29) is 24.2 Å². The van der Waals surface area contributed by atoms with Crippen molar-refractivity contribution in [1.82, 2.24) is 4.90 Å². The number of benzene rings is 1. The van der Waals surface area contributed by atoms with Crippen molar-refractivity contribution in [2.75, 3.05) is 13.7 Å². The molecule has 0 saturated carbocycles. The summed E-state index contributed by atoms with van der Waals surface area (Å²) in [7, 11) is 1.60. The van der Waals surface area contributed by atoms with Gasteiger partial charge in [0, 0.05) is 25.3 Å². The van der Waals surface area contributed by atoms with E-state index in [2.05, 4.69) is 0 Å². The van der Waals surface area contributed by atoms with Crippen molar-refractivity contribution in [2.24, 2.45) is 0 Å². The second-order valence-electron chi connectivity index (χ2n) is 4.16. The number of aliphatic hydroxyl groups excluding tert-OH is 1. The third kappa shape index (κ3) is 4.18. The Morgan fingerprint density at radius 3 is 2.53 bits per heavy atom. The molecule has 0 saturated heterocycles. The van der Waals surface area contributed by atoms with Gasteiger partial charge in [0.1, 0.15) is 0 Å². The molecule has 1 aromatic rings. The number of nitro benzene ring substituents is 1. The van der Waals surface area contributed by atoms with E-state index in [0.29, 0.717) is 5.56 Å². The molecule has 0 aliphatic carbocycles. The summed E-state index contributed by atoms with van der Waals surface area (Å²) in [5.74, 6) is -0.236. The van der Waals surface area contributed by atoms with Crippen LogP contribution >= 0.6 is 0 Å². The summed E-state index contributed by atoms with van der Waals surface area (Å²) in [5.41, 5.74) is 0.707. The second kappa shape index (κ2) is 6.65. The summed E-state index contributed by atoms with van der Waals surface area (Å²) in [6.45, 7) is 1.63. The number of amides is 1. The molecule has 1 amide bonds. The number of carbonyl (C=O) groups is 1. The molecule has 1 unspecified atom stereocenters. The highest BCUT2D eigenvalue weighted by Gasteiger charge is 2.11. The summed E-state index contributed by atoms with van der Waals surface area (Å²) in [5, 5.41) is 19.4. The largest absolute Gasteiger partial charge is 0.394 e. The Hall–Kier alpha value is -2.21. The molecule has 0 spiro atoms. The highest BCUT2D eigenvalue weighted by Crippen LogP contribution is 2.13. The first kappa shape index (κ1) is 14.8. The van der Waals surface area contributed by atoms with E-state index >= 15 is 0 Å². The van der Waals surface area contributed by atoms with Crippen molar-refractivity contribution < 1.29 is 14.8 Å². The fourth-order valence-corrected chi connectivity index (χ4v) is 1.33. The molecule has 6 nitrogen and oxygen atoms in total. The van der Waals surface area contributed by atoms with Crippen LogP contribution in [0, 0.1) is 10.1 Å². The van der Waals surface area contributed by atoms with Crippen molar-refractivity contribution in [3.05, 3.63) is 46.0 Å². The van der Waals surface area contributed by atoms with E-state index < -0.39 is 4.92 Å². The highest BCUT2D eigenvalue weighted by atomic mass is 16.6. The molecule has 0 aliphatic heterocycles. The Morgan fingerprint density at radius 2 is 2.05 bits per heavy atom. The average Bonchev–Trinajstić information content (AvgIpc) is 2.43. The maximum Gasteiger partial charge on any atom is 0.269 e. The van der Waals surface area contributed by atoms with Crippen LogP contribution in [0.25, 0.3) is 6.08 Å². The lowest BCUT2D eigenvalue weighted by Crippen LogP contribution is -2.36. The normalized spacial score (nSPS) is 12.4. The van der Waals surface area contributed by atoms with Crippen LogP contribution in [-0.2, 0) is 4.79 Å². The van der Waals surface area contributed by atoms with Crippen LogP contribution in [0.3, 0.4) is 0 Å². The first-order chi connectivity index (χ1) is 8.95. The summed E-state index contributed by atoms with van der Waals surface area (Å²) in [6, 6.07) is 5.64. The SMILES string of the molecule is CC(CO)N(C)C(=O)/C=C/c1ccc([N+](=O)[O-])cc1. The molecule has 6 heteroatoms. The molecule has 0 heterocycles. The molecule has 0 fully saturated rings. The van der Waals surface area contributed by atoms with Gasteiger partial charge in [-0.2, -0.15) is 0 Å². The van der Waals surface area contributed by atoms with Crippen molar-refractivity contribution in [3.63, 3.8) is 0 Å². The zero-order valence-electron chi connectivity index (χ0n) is 10.8. The molecule has 0 bridgehead atoms. The Labute approximate surface area is 111 Å². The predicted octanol–water partition coefficient (Wildman–Crippen LogP) is 1.45. The minimum absolute atomic E-state index is 0.00879. The lowest BCUT2D eigenvalue weighted by Gasteiger charge is -2.21. The summed E-state index contributed by atoms with van der Waals surface area (Å²) in [6.07, 6.45) is 2.94. The van der Waals surface area contributed by atoms with Crippen LogP contribution in [-0.4, -0.2) is 40.5 Å². The van der Waals surface area contributed by atoms with E-state index in [1.54, 1.807) is 32.2 Å². The van der Waals surface area contributed by atoms with Gasteiger partial charge in [0.25, 0.3) is 5.69 Å². The maximum absolute atomic E-state index is 11.7. The smallest absolute Gasteiger partial charge is 0.269 e. The Kier molecular flexibility index (Phi) is 5.20. The number of nitrogens with zero attached hydrogens (tertiary/aromatic N) is 2. The van der Waals surface area contributed by atoms with Crippen LogP contribution in [0.1, 0.15) is 12.5 Å². The molecule has 19 heavy (non-hydrogen) atoms.